The van der Waals surface area contributed by atoms with Gasteiger partial charge in [0.05, 0.1) is 6.61 Å². The molecule has 0 radical (unpaired) electrons. The van der Waals surface area contributed by atoms with E-state index in [0.717, 1.165) is 36.2 Å². The van der Waals surface area contributed by atoms with Crippen LogP contribution in [0.2, 0.25) is 0 Å². The maximum atomic E-state index is 4.99. The van der Waals surface area contributed by atoms with Gasteiger partial charge in [0.25, 0.3) is 0 Å². The predicted octanol–water partition coefficient (Wildman–Crippen LogP) is 2.12. The lowest BCUT2D eigenvalue weighted by atomic mass is 10.2. The number of aryl methyl sites for hydroxylation is 2. The summed E-state index contributed by atoms with van der Waals surface area (Å²) >= 11 is 1.71. The monoisotopic (exact) mass is 269 g/mol. The van der Waals surface area contributed by atoms with Crippen molar-refractivity contribution >= 4 is 11.8 Å². The van der Waals surface area contributed by atoms with Gasteiger partial charge in [0.2, 0.25) is 0 Å². The maximum absolute atomic E-state index is 4.99. The van der Waals surface area contributed by atoms with Gasteiger partial charge in [-0.25, -0.2) is 9.97 Å². The standard InChI is InChI=1S/C13H23N3OS/c1-9(8-14-6-7-17-5)18-13-15-11(3)10(2)12(4)16-13/h9,14H,6-8H2,1-5H3. The van der Waals surface area contributed by atoms with E-state index in [2.05, 4.69) is 29.1 Å². The summed E-state index contributed by atoms with van der Waals surface area (Å²) in [6.07, 6.45) is 0. The van der Waals surface area contributed by atoms with Crippen molar-refractivity contribution in [3.63, 3.8) is 0 Å². The zero-order valence-corrected chi connectivity index (χ0v) is 12.7. The molecule has 0 fully saturated rings. The van der Waals surface area contributed by atoms with E-state index in [4.69, 9.17) is 4.74 Å². The lowest BCUT2D eigenvalue weighted by Crippen LogP contribution is -2.26. The van der Waals surface area contributed by atoms with Crippen molar-refractivity contribution in [2.75, 3.05) is 26.8 Å². The number of thioether (sulfide) groups is 1. The van der Waals surface area contributed by atoms with Crippen molar-refractivity contribution in [1.29, 1.82) is 0 Å². The minimum atomic E-state index is 0.448. The topological polar surface area (TPSA) is 47.0 Å². The molecule has 0 bridgehead atoms. The van der Waals surface area contributed by atoms with Crippen molar-refractivity contribution in [3.8, 4) is 0 Å². The van der Waals surface area contributed by atoms with Crippen molar-refractivity contribution in [1.82, 2.24) is 15.3 Å². The Morgan fingerprint density at radius 1 is 1.22 bits per heavy atom. The molecule has 18 heavy (non-hydrogen) atoms. The molecule has 0 aromatic carbocycles. The third kappa shape index (κ3) is 4.92. The first-order valence-electron chi connectivity index (χ1n) is 6.22. The van der Waals surface area contributed by atoms with Gasteiger partial charge in [0, 0.05) is 36.8 Å². The molecule has 0 aliphatic heterocycles. The molecular weight excluding hydrogens is 246 g/mol. The van der Waals surface area contributed by atoms with Crippen molar-refractivity contribution < 1.29 is 4.74 Å². The highest BCUT2D eigenvalue weighted by Gasteiger charge is 2.09. The summed E-state index contributed by atoms with van der Waals surface area (Å²) in [4.78, 5) is 9.03. The molecule has 0 spiro atoms. The van der Waals surface area contributed by atoms with Crippen molar-refractivity contribution in [2.45, 2.75) is 38.1 Å². The second kappa shape index (κ2) is 7.71. The summed E-state index contributed by atoms with van der Waals surface area (Å²) in [5, 5.41) is 4.66. The summed E-state index contributed by atoms with van der Waals surface area (Å²) in [6, 6.07) is 0. The number of nitrogens with zero attached hydrogens (tertiary/aromatic N) is 2. The Morgan fingerprint density at radius 3 is 2.39 bits per heavy atom. The van der Waals surface area contributed by atoms with Gasteiger partial charge in [-0.05, 0) is 26.3 Å². The van der Waals surface area contributed by atoms with Crippen LogP contribution in [-0.4, -0.2) is 42.0 Å². The molecule has 1 aromatic rings. The number of hydrogen-bond acceptors (Lipinski definition) is 5. The fourth-order valence-corrected chi connectivity index (χ4v) is 2.44. The smallest absolute Gasteiger partial charge is 0.188 e. The largest absolute Gasteiger partial charge is 0.383 e. The Labute approximate surface area is 114 Å². The van der Waals surface area contributed by atoms with E-state index < -0.39 is 0 Å². The van der Waals surface area contributed by atoms with E-state index in [9.17, 15) is 0 Å². The molecular formula is C13H23N3OS. The molecule has 1 unspecified atom stereocenters. The molecule has 5 heteroatoms. The van der Waals surface area contributed by atoms with Crippen LogP contribution in [0.15, 0.2) is 5.16 Å². The van der Waals surface area contributed by atoms with Gasteiger partial charge in [-0.1, -0.05) is 18.7 Å². The Hall–Kier alpha value is -0.650. The first-order valence-corrected chi connectivity index (χ1v) is 7.10. The lowest BCUT2D eigenvalue weighted by molar-refractivity contribution is 0.199. The zero-order valence-electron chi connectivity index (χ0n) is 11.9. The van der Waals surface area contributed by atoms with Gasteiger partial charge < -0.3 is 10.1 Å². The molecule has 4 nitrogen and oxygen atoms in total. The minimum Gasteiger partial charge on any atom is -0.383 e. The SMILES string of the molecule is COCCNCC(C)Sc1nc(C)c(C)c(C)n1. The minimum absolute atomic E-state index is 0.448. The van der Waals surface area contributed by atoms with Crippen LogP contribution in [0.1, 0.15) is 23.9 Å². The van der Waals surface area contributed by atoms with E-state index in [1.54, 1.807) is 18.9 Å². The number of nitrogens with one attached hydrogen (secondary N) is 1. The van der Waals surface area contributed by atoms with Gasteiger partial charge in [-0.3, -0.25) is 0 Å². The summed E-state index contributed by atoms with van der Waals surface area (Å²) in [7, 11) is 1.71. The molecule has 1 aromatic heterocycles. The number of methoxy groups -OCH3 is 1. The van der Waals surface area contributed by atoms with Crippen LogP contribution in [0, 0.1) is 20.8 Å². The first kappa shape index (κ1) is 15.4. The summed E-state index contributed by atoms with van der Waals surface area (Å²) in [6.45, 7) is 10.9. The second-order valence-electron chi connectivity index (χ2n) is 4.43. The van der Waals surface area contributed by atoms with Crippen LogP contribution < -0.4 is 5.32 Å². The Balaban J connectivity index is 2.46. The average Bonchev–Trinajstić information content (AvgIpc) is 2.31. The number of hydrogen-bond donors (Lipinski definition) is 1. The van der Waals surface area contributed by atoms with Crippen LogP contribution >= 0.6 is 11.8 Å². The van der Waals surface area contributed by atoms with E-state index >= 15 is 0 Å². The second-order valence-corrected chi connectivity index (χ2v) is 5.83. The van der Waals surface area contributed by atoms with Gasteiger partial charge in [-0.2, -0.15) is 0 Å². The number of ether oxygens (including phenoxy) is 1. The molecule has 0 saturated heterocycles. The molecule has 102 valence electrons. The molecule has 1 rings (SSSR count). The summed E-state index contributed by atoms with van der Waals surface area (Å²) < 4.78 is 4.99. The molecule has 1 heterocycles. The lowest BCUT2D eigenvalue weighted by Gasteiger charge is -2.12. The van der Waals surface area contributed by atoms with Crippen molar-refractivity contribution in [3.05, 3.63) is 17.0 Å². The molecule has 0 saturated carbocycles. The highest BCUT2D eigenvalue weighted by Crippen LogP contribution is 2.21. The van der Waals surface area contributed by atoms with E-state index in [1.807, 2.05) is 13.8 Å². The number of rotatable bonds is 7. The van der Waals surface area contributed by atoms with Gasteiger partial charge in [0.15, 0.2) is 5.16 Å². The fraction of sp³-hybridized carbons (Fsp3) is 0.692. The van der Waals surface area contributed by atoms with E-state index in [-0.39, 0.29) is 0 Å². The molecule has 0 aliphatic carbocycles. The average molecular weight is 269 g/mol. The Morgan fingerprint density at radius 2 is 1.83 bits per heavy atom. The van der Waals surface area contributed by atoms with Crippen LogP contribution in [0.4, 0.5) is 0 Å². The first-order chi connectivity index (χ1) is 8.54. The summed E-state index contributed by atoms with van der Waals surface area (Å²) in [5.74, 6) is 0. The predicted molar refractivity (Wildman–Crippen MR) is 76.3 cm³/mol. The third-order valence-electron chi connectivity index (χ3n) is 2.83. The Kier molecular flexibility index (Phi) is 6.60. The van der Waals surface area contributed by atoms with Crippen LogP contribution in [0.25, 0.3) is 0 Å². The molecule has 0 aliphatic rings. The normalized spacial score (nSPS) is 12.7. The van der Waals surface area contributed by atoms with Crippen molar-refractivity contribution in [2.24, 2.45) is 0 Å². The van der Waals surface area contributed by atoms with Crippen LogP contribution in [-0.2, 0) is 4.74 Å². The highest BCUT2D eigenvalue weighted by atomic mass is 32.2. The van der Waals surface area contributed by atoms with Crippen LogP contribution in [0.3, 0.4) is 0 Å². The molecule has 1 N–H and O–H groups in total. The molecule has 0 amide bonds. The quantitative estimate of drug-likeness (QED) is 0.467. The van der Waals surface area contributed by atoms with E-state index in [0.29, 0.717) is 5.25 Å². The highest BCUT2D eigenvalue weighted by molar-refractivity contribution is 7.99. The zero-order chi connectivity index (χ0) is 13.5. The molecule has 1 atom stereocenters. The van der Waals surface area contributed by atoms with Gasteiger partial charge in [0.1, 0.15) is 0 Å². The number of aromatic nitrogens is 2. The van der Waals surface area contributed by atoms with Crippen LogP contribution in [0.5, 0.6) is 0 Å². The maximum Gasteiger partial charge on any atom is 0.188 e. The van der Waals surface area contributed by atoms with Gasteiger partial charge >= 0.3 is 0 Å². The Bertz CT molecular complexity index is 361. The summed E-state index contributed by atoms with van der Waals surface area (Å²) in [5.41, 5.74) is 3.33. The third-order valence-corrected chi connectivity index (χ3v) is 3.80. The van der Waals surface area contributed by atoms with E-state index in [1.165, 1.54) is 5.56 Å². The fourth-order valence-electron chi connectivity index (χ4n) is 1.50. The van der Waals surface area contributed by atoms with Gasteiger partial charge in [-0.15, -0.1) is 0 Å².